The number of aryl methyl sites for hydroxylation is 1. The second kappa shape index (κ2) is 13.7. The Morgan fingerprint density at radius 1 is 1.03 bits per heavy atom. The fourth-order valence-corrected chi connectivity index (χ4v) is 4.55. The van der Waals surface area contributed by atoms with Gasteiger partial charge in [0.1, 0.15) is 18.2 Å². The first kappa shape index (κ1) is 28.1. The van der Waals surface area contributed by atoms with E-state index in [9.17, 15) is 10.1 Å². The number of carbonyl (C=O) groups is 1. The number of nitrogens with one attached hydrogen (secondary N) is 1. The van der Waals surface area contributed by atoms with Crippen molar-refractivity contribution in [1.29, 1.82) is 5.26 Å². The van der Waals surface area contributed by atoms with Crippen molar-refractivity contribution < 1.29 is 14.3 Å². The van der Waals surface area contributed by atoms with Crippen LogP contribution in [0.25, 0.3) is 6.08 Å². The normalized spacial score (nSPS) is 11.0. The largest absolute Gasteiger partial charge is 0.490 e. The van der Waals surface area contributed by atoms with Crippen LogP contribution in [0.15, 0.2) is 66.2 Å². The van der Waals surface area contributed by atoms with E-state index >= 15 is 0 Å². The minimum absolute atomic E-state index is 0.000563. The van der Waals surface area contributed by atoms with Crippen molar-refractivity contribution in [2.24, 2.45) is 0 Å². The fraction of sp³-hybridized carbons (Fsp3) is 0.267. The molecule has 0 aromatic heterocycles. The Bertz CT molecular complexity index is 1280. The average Bonchev–Trinajstić information content (AvgIpc) is 2.89. The van der Waals surface area contributed by atoms with Gasteiger partial charge in [0.05, 0.1) is 10.2 Å². The van der Waals surface area contributed by atoms with Gasteiger partial charge in [-0.25, -0.2) is 0 Å². The van der Waals surface area contributed by atoms with E-state index in [0.717, 1.165) is 27.9 Å². The summed E-state index contributed by atoms with van der Waals surface area (Å²) in [5.74, 6) is 0.736. The predicted molar refractivity (Wildman–Crippen MR) is 158 cm³/mol. The van der Waals surface area contributed by atoms with Crippen LogP contribution in [0.1, 0.15) is 37.5 Å². The highest BCUT2D eigenvalue weighted by Gasteiger charge is 2.15. The van der Waals surface area contributed by atoms with E-state index in [2.05, 4.69) is 58.8 Å². The van der Waals surface area contributed by atoms with Crippen LogP contribution in [0, 0.1) is 21.8 Å². The zero-order valence-corrected chi connectivity index (χ0v) is 23.8. The molecule has 1 N–H and O–H groups in total. The number of nitrogens with zero attached hydrogens (tertiary/aromatic N) is 2. The molecule has 0 heterocycles. The number of anilines is 2. The number of hydrogen-bond donors (Lipinski definition) is 1. The van der Waals surface area contributed by atoms with E-state index in [0.29, 0.717) is 36.0 Å². The highest BCUT2D eigenvalue weighted by Crippen LogP contribution is 2.35. The molecule has 3 rings (SSSR count). The number of amides is 1. The molecule has 0 saturated carbocycles. The molecule has 7 heteroatoms. The number of benzene rings is 3. The molecule has 0 atom stereocenters. The molecular weight excluding hydrogens is 577 g/mol. The molecule has 3 aromatic carbocycles. The summed E-state index contributed by atoms with van der Waals surface area (Å²) in [7, 11) is 0. The Morgan fingerprint density at radius 3 is 2.30 bits per heavy atom. The van der Waals surface area contributed by atoms with Crippen LogP contribution in [0.5, 0.6) is 11.5 Å². The van der Waals surface area contributed by atoms with Crippen molar-refractivity contribution >= 4 is 45.9 Å². The third-order valence-electron chi connectivity index (χ3n) is 5.77. The quantitative estimate of drug-likeness (QED) is 0.144. The standard InChI is InChI=1S/C30H32IN3O3/c1-5-34(6-2)26-14-12-25(13-15-26)33-30(35)24(19-32)16-23-17-27(31)29(28(18-23)36-7-3)37-20-22-10-8-21(4)9-11-22/h8-18H,5-7,20H2,1-4H3,(H,33,35)/b24-16-. The Balaban J connectivity index is 1.79. The summed E-state index contributed by atoms with van der Waals surface area (Å²) in [6.45, 7) is 10.8. The molecule has 0 unspecified atom stereocenters. The second-order valence-corrected chi connectivity index (χ2v) is 9.54. The van der Waals surface area contributed by atoms with E-state index in [1.807, 2.05) is 62.4 Å². The highest BCUT2D eigenvalue weighted by molar-refractivity contribution is 14.1. The van der Waals surface area contributed by atoms with Crippen LogP contribution in [-0.4, -0.2) is 25.6 Å². The molecule has 0 fully saturated rings. The van der Waals surface area contributed by atoms with Gasteiger partial charge in [0.25, 0.3) is 5.91 Å². The first-order valence-corrected chi connectivity index (χ1v) is 13.4. The average molecular weight is 610 g/mol. The molecule has 0 aliphatic heterocycles. The molecular formula is C30H32IN3O3. The summed E-state index contributed by atoms with van der Waals surface area (Å²) < 4.78 is 12.8. The van der Waals surface area contributed by atoms with Gasteiger partial charge in [-0.15, -0.1) is 0 Å². The monoisotopic (exact) mass is 609 g/mol. The van der Waals surface area contributed by atoms with Crippen LogP contribution in [0.2, 0.25) is 0 Å². The number of ether oxygens (including phenoxy) is 2. The van der Waals surface area contributed by atoms with Crippen molar-refractivity contribution in [2.75, 3.05) is 29.9 Å². The number of hydrogen-bond acceptors (Lipinski definition) is 5. The summed E-state index contributed by atoms with van der Waals surface area (Å²) in [5, 5.41) is 12.5. The van der Waals surface area contributed by atoms with E-state index in [4.69, 9.17) is 9.47 Å². The van der Waals surface area contributed by atoms with Gasteiger partial charge in [0.2, 0.25) is 0 Å². The smallest absolute Gasteiger partial charge is 0.266 e. The predicted octanol–water partition coefficient (Wildman–Crippen LogP) is 6.97. The number of halogens is 1. The van der Waals surface area contributed by atoms with Gasteiger partial charge in [0, 0.05) is 24.5 Å². The summed E-state index contributed by atoms with van der Waals surface area (Å²) in [5.41, 5.74) is 4.65. The van der Waals surface area contributed by atoms with Crippen molar-refractivity contribution in [3.8, 4) is 17.6 Å². The minimum Gasteiger partial charge on any atom is -0.490 e. The third-order valence-corrected chi connectivity index (χ3v) is 6.57. The number of rotatable bonds is 11. The topological polar surface area (TPSA) is 74.6 Å². The zero-order chi connectivity index (χ0) is 26.8. The Hall–Kier alpha value is -3.51. The number of nitriles is 1. The van der Waals surface area contributed by atoms with E-state index in [1.54, 1.807) is 12.1 Å². The lowest BCUT2D eigenvalue weighted by Gasteiger charge is -2.21. The summed E-state index contributed by atoms with van der Waals surface area (Å²) >= 11 is 2.19. The lowest BCUT2D eigenvalue weighted by molar-refractivity contribution is -0.112. The molecule has 0 radical (unpaired) electrons. The zero-order valence-electron chi connectivity index (χ0n) is 21.7. The van der Waals surface area contributed by atoms with Crippen molar-refractivity contribution in [1.82, 2.24) is 0 Å². The van der Waals surface area contributed by atoms with Gasteiger partial charge in [-0.3, -0.25) is 4.79 Å². The summed E-state index contributed by atoms with van der Waals surface area (Å²) in [6.07, 6.45) is 1.56. The molecule has 1 amide bonds. The lowest BCUT2D eigenvalue weighted by atomic mass is 10.1. The molecule has 192 valence electrons. The summed E-state index contributed by atoms with van der Waals surface area (Å²) in [4.78, 5) is 15.1. The van der Waals surface area contributed by atoms with Crippen LogP contribution in [-0.2, 0) is 11.4 Å². The maximum absolute atomic E-state index is 12.9. The molecule has 3 aromatic rings. The first-order chi connectivity index (χ1) is 17.9. The number of carbonyl (C=O) groups excluding carboxylic acids is 1. The minimum atomic E-state index is -0.467. The highest BCUT2D eigenvalue weighted by atomic mass is 127. The van der Waals surface area contributed by atoms with Gasteiger partial charge in [-0.2, -0.15) is 5.26 Å². The van der Waals surface area contributed by atoms with Crippen LogP contribution in [0.4, 0.5) is 11.4 Å². The van der Waals surface area contributed by atoms with E-state index in [-0.39, 0.29) is 5.57 Å². The third kappa shape index (κ3) is 7.73. The SMILES string of the molecule is CCOc1cc(/C=C(/C#N)C(=O)Nc2ccc(N(CC)CC)cc2)cc(I)c1OCc1ccc(C)cc1. The first-order valence-electron chi connectivity index (χ1n) is 12.3. The van der Waals surface area contributed by atoms with E-state index in [1.165, 1.54) is 5.56 Å². The molecule has 0 aliphatic rings. The van der Waals surface area contributed by atoms with Gasteiger partial charge in [-0.1, -0.05) is 29.8 Å². The molecule has 6 nitrogen and oxygen atoms in total. The summed E-state index contributed by atoms with van der Waals surface area (Å²) in [6, 6.07) is 21.5. The Kier molecular flexibility index (Phi) is 10.4. The maximum atomic E-state index is 12.9. The van der Waals surface area contributed by atoms with Crippen molar-refractivity contribution in [3.63, 3.8) is 0 Å². The van der Waals surface area contributed by atoms with Crippen LogP contribution < -0.4 is 19.7 Å². The maximum Gasteiger partial charge on any atom is 0.266 e. The molecule has 0 aliphatic carbocycles. The molecule has 37 heavy (non-hydrogen) atoms. The van der Waals surface area contributed by atoms with Crippen LogP contribution in [0.3, 0.4) is 0 Å². The van der Waals surface area contributed by atoms with Gasteiger partial charge in [0.15, 0.2) is 11.5 Å². The fourth-order valence-electron chi connectivity index (χ4n) is 3.77. The Labute approximate surface area is 233 Å². The van der Waals surface area contributed by atoms with Gasteiger partial charge >= 0.3 is 0 Å². The van der Waals surface area contributed by atoms with Gasteiger partial charge in [-0.05, 0) is 104 Å². The Morgan fingerprint density at radius 2 is 1.70 bits per heavy atom. The van der Waals surface area contributed by atoms with Crippen molar-refractivity contribution in [3.05, 3.63) is 86.5 Å². The molecule has 0 bridgehead atoms. The lowest BCUT2D eigenvalue weighted by Crippen LogP contribution is -2.21. The molecule has 0 saturated heterocycles. The van der Waals surface area contributed by atoms with E-state index < -0.39 is 5.91 Å². The second-order valence-electron chi connectivity index (χ2n) is 8.38. The van der Waals surface area contributed by atoms with Gasteiger partial charge < -0.3 is 19.7 Å². The van der Waals surface area contributed by atoms with Crippen molar-refractivity contribution in [2.45, 2.75) is 34.3 Å². The molecule has 0 spiro atoms. The van der Waals surface area contributed by atoms with Crippen LogP contribution >= 0.6 is 22.6 Å².